The number of benzene rings is 1. The molecule has 0 aliphatic heterocycles. The molecule has 4 nitrogen and oxygen atoms in total. The Hall–Kier alpha value is -1.43. The van der Waals surface area contributed by atoms with Gasteiger partial charge in [0.2, 0.25) is 0 Å². The van der Waals surface area contributed by atoms with Crippen LogP contribution in [0, 0.1) is 6.92 Å². The van der Waals surface area contributed by atoms with Crippen LogP contribution in [0.3, 0.4) is 0 Å². The summed E-state index contributed by atoms with van der Waals surface area (Å²) in [5.41, 5.74) is 2.84. The van der Waals surface area contributed by atoms with E-state index in [4.69, 9.17) is 4.74 Å². The molecule has 26 heavy (non-hydrogen) atoms. The van der Waals surface area contributed by atoms with E-state index in [0.29, 0.717) is 12.1 Å². The number of aryl methyl sites for hydroxylation is 1. The summed E-state index contributed by atoms with van der Waals surface area (Å²) in [6.45, 7) is 4.83. The molecule has 3 N–H and O–H groups in total. The van der Waals surface area contributed by atoms with Gasteiger partial charge in [0, 0.05) is 23.8 Å². The van der Waals surface area contributed by atoms with Crippen LogP contribution in [0.4, 0.5) is 0 Å². The van der Waals surface area contributed by atoms with Crippen molar-refractivity contribution >= 4 is 11.3 Å². The summed E-state index contributed by atoms with van der Waals surface area (Å²) in [5, 5.41) is 5.64. The molecular formula is C21H33N3OS+2. The Labute approximate surface area is 161 Å². The molecule has 1 aromatic carbocycles. The topological polar surface area (TPSA) is 43.2 Å². The number of nitrogens with two attached hydrogens (primary N) is 1. The minimum absolute atomic E-state index is 0.465. The maximum atomic E-state index is 5.84. The molecule has 1 fully saturated rings. The van der Waals surface area contributed by atoms with Crippen LogP contribution >= 0.6 is 11.3 Å². The Balaban J connectivity index is 1.46. The van der Waals surface area contributed by atoms with Crippen LogP contribution in [0.2, 0.25) is 0 Å². The van der Waals surface area contributed by atoms with Gasteiger partial charge in [-0.3, -0.25) is 0 Å². The van der Waals surface area contributed by atoms with Crippen LogP contribution in [0.15, 0.2) is 29.6 Å². The van der Waals surface area contributed by atoms with E-state index in [1.165, 1.54) is 44.2 Å². The number of hydrogen-bond acceptors (Lipinski definition) is 3. The Bertz CT molecular complexity index is 675. The van der Waals surface area contributed by atoms with E-state index in [9.17, 15) is 0 Å². The molecule has 0 unspecified atom stereocenters. The number of rotatable bonds is 8. The Morgan fingerprint density at radius 2 is 1.88 bits per heavy atom. The highest BCUT2D eigenvalue weighted by Crippen LogP contribution is 2.24. The Morgan fingerprint density at radius 3 is 2.50 bits per heavy atom. The average molecular weight is 376 g/mol. The largest absolute Gasteiger partial charge is 0.487 e. The SMILES string of the molecule is Cc1nc(COc2ccc(C[NH2+]CC3([NH+](C)C)CCCCC3)cc2)cs1. The van der Waals surface area contributed by atoms with Crippen LogP contribution in [0.5, 0.6) is 5.75 Å². The maximum absolute atomic E-state index is 5.84. The number of quaternary nitrogens is 2. The second-order valence-electron chi connectivity index (χ2n) is 7.83. The molecule has 1 aromatic heterocycles. The van der Waals surface area contributed by atoms with Crippen LogP contribution in [-0.2, 0) is 13.2 Å². The predicted molar refractivity (Wildman–Crippen MR) is 107 cm³/mol. The normalized spacial score (nSPS) is 16.8. The van der Waals surface area contributed by atoms with Crippen LogP contribution in [0.1, 0.15) is 48.4 Å². The monoisotopic (exact) mass is 375 g/mol. The summed E-state index contributed by atoms with van der Waals surface area (Å²) >= 11 is 1.67. The lowest BCUT2D eigenvalue weighted by molar-refractivity contribution is -0.935. The highest BCUT2D eigenvalue weighted by atomic mass is 32.1. The molecule has 1 aliphatic rings. The lowest BCUT2D eigenvalue weighted by Gasteiger charge is -2.38. The van der Waals surface area contributed by atoms with Gasteiger partial charge in [-0.25, -0.2) is 4.98 Å². The van der Waals surface area contributed by atoms with Crippen molar-refractivity contribution in [3.63, 3.8) is 0 Å². The molecule has 5 heteroatoms. The molecule has 1 heterocycles. The number of likely N-dealkylation sites (N-methyl/N-ethyl adjacent to an activating group) is 1. The molecule has 142 valence electrons. The summed E-state index contributed by atoms with van der Waals surface area (Å²) in [7, 11) is 4.66. The van der Waals surface area contributed by atoms with E-state index in [1.807, 2.05) is 6.92 Å². The standard InChI is InChI=1S/C21H31N3OS/c1-17-23-19(15-26-17)14-25-20-9-7-18(8-10-20)13-22-16-21(24(2)3)11-5-4-6-12-21/h7-10,15,22H,4-6,11-14,16H2,1-3H3/p+2. The number of nitrogens with zero attached hydrogens (tertiary/aromatic N) is 1. The quantitative estimate of drug-likeness (QED) is 0.741. The zero-order valence-electron chi connectivity index (χ0n) is 16.4. The number of hydrogen-bond donors (Lipinski definition) is 2. The van der Waals surface area contributed by atoms with Crippen LogP contribution in [0.25, 0.3) is 0 Å². The predicted octanol–water partition coefficient (Wildman–Crippen LogP) is 1.94. The summed E-state index contributed by atoms with van der Waals surface area (Å²) in [6, 6.07) is 8.54. The van der Waals surface area contributed by atoms with Gasteiger partial charge >= 0.3 is 0 Å². The fourth-order valence-corrected chi connectivity index (χ4v) is 4.60. The summed E-state index contributed by atoms with van der Waals surface area (Å²) in [4.78, 5) is 6.06. The molecule has 0 amide bonds. The number of nitrogens with one attached hydrogen (secondary N) is 1. The first-order valence-corrected chi connectivity index (χ1v) is 10.7. The van der Waals surface area contributed by atoms with Crippen molar-refractivity contribution in [1.82, 2.24) is 4.98 Å². The zero-order chi connectivity index (χ0) is 18.4. The molecule has 0 radical (unpaired) electrons. The summed E-state index contributed by atoms with van der Waals surface area (Å²) < 4.78 is 5.84. The highest BCUT2D eigenvalue weighted by Gasteiger charge is 2.39. The third-order valence-corrected chi connectivity index (χ3v) is 6.59. The molecule has 3 rings (SSSR count). The van der Waals surface area contributed by atoms with Gasteiger partial charge in [-0.1, -0.05) is 6.42 Å². The van der Waals surface area contributed by atoms with Crippen molar-refractivity contribution in [1.29, 1.82) is 0 Å². The van der Waals surface area contributed by atoms with Crippen LogP contribution in [-0.4, -0.2) is 31.2 Å². The fraction of sp³-hybridized carbons (Fsp3) is 0.571. The van der Waals surface area contributed by atoms with Crippen molar-refractivity contribution < 1.29 is 15.0 Å². The van der Waals surface area contributed by atoms with Gasteiger partial charge in [-0.2, -0.15) is 0 Å². The first-order valence-electron chi connectivity index (χ1n) is 9.82. The minimum atomic E-state index is 0.465. The minimum Gasteiger partial charge on any atom is -0.487 e. The van der Waals surface area contributed by atoms with E-state index < -0.39 is 0 Å². The first kappa shape index (κ1) is 19.3. The van der Waals surface area contributed by atoms with E-state index in [2.05, 4.69) is 54.0 Å². The summed E-state index contributed by atoms with van der Waals surface area (Å²) in [5.74, 6) is 0.917. The molecule has 1 saturated carbocycles. The number of thiazole rings is 1. The van der Waals surface area contributed by atoms with E-state index in [-0.39, 0.29) is 0 Å². The second-order valence-corrected chi connectivity index (χ2v) is 8.89. The van der Waals surface area contributed by atoms with Crippen LogP contribution < -0.4 is 15.0 Å². The van der Waals surface area contributed by atoms with Gasteiger partial charge in [0.1, 0.15) is 31.0 Å². The van der Waals surface area contributed by atoms with E-state index in [1.54, 1.807) is 16.2 Å². The lowest BCUT2D eigenvalue weighted by Crippen LogP contribution is -3.19. The molecule has 2 aromatic rings. The number of aromatic nitrogens is 1. The molecule has 0 saturated heterocycles. The second kappa shape index (κ2) is 8.98. The van der Waals surface area contributed by atoms with Crippen molar-refractivity contribution in [3.05, 3.63) is 45.9 Å². The van der Waals surface area contributed by atoms with Gasteiger partial charge in [-0.05, 0) is 44.0 Å². The lowest BCUT2D eigenvalue weighted by atomic mass is 9.80. The fourth-order valence-electron chi connectivity index (χ4n) is 4.01. The van der Waals surface area contributed by atoms with E-state index >= 15 is 0 Å². The smallest absolute Gasteiger partial charge is 0.146 e. The van der Waals surface area contributed by atoms with Crippen molar-refractivity contribution in [2.45, 2.75) is 57.7 Å². The van der Waals surface area contributed by atoms with Gasteiger partial charge in [-0.15, -0.1) is 11.3 Å². The molecule has 0 atom stereocenters. The van der Waals surface area contributed by atoms with Crippen molar-refractivity contribution in [3.8, 4) is 5.75 Å². The van der Waals surface area contributed by atoms with Crippen molar-refractivity contribution in [2.24, 2.45) is 0 Å². The maximum Gasteiger partial charge on any atom is 0.146 e. The molecule has 1 aliphatic carbocycles. The molecular weight excluding hydrogens is 342 g/mol. The van der Waals surface area contributed by atoms with Gasteiger partial charge in [0.15, 0.2) is 0 Å². The highest BCUT2D eigenvalue weighted by molar-refractivity contribution is 7.09. The van der Waals surface area contributed by atoms with Crippen molar-refractivity contribution in [2.75, 3.05) is 20.6 Å². The first-order chi connectivity index (χ1) is 12.6. The van der Waals surface area contributed by atoms with Gasteiger partial charge in [0.05, 0.1) is 24.8 Å². The summed E-state index contributed by atoms with van der Waals surface area (Å²) in [6.07, 6.45) is 6.94. The molecule has 0 spiro atoms. The zero-order valence-corrected chi connectivity index (χ0v) is 17.2. The Morgan fingerprint density at radius 1 is 1.15 bits per heavy atom. The van der Waals surface area contributed by atoms with Gasteiger partial charge < -0.3 is 15.0 Å². The Kier molecular flexibility index (Phi) is 6.68. The number of ether oxygens (including phenoxy) is 1. The third kappa shape index (κ3) is 5.06. The average Bonchev–Trinajstić information content (AvgIpc) is 3.07. The van der Waals surface area contributed by atoms with E-state index in [0.717, 1.165) is 23.0 Å². The van der Waals surface area contributed by atoms with Gasteiger partial charge in [0.25, 0.3) is 0 Å². The molecule has 0 bridgehead atoms. The third-order valence-electron chi connectivity index (χ3n) is 5.76.